The summed E-state index contributed by atoms with van der Waals surface area (Å²) < 4.78 is 13.1. The number of para-hydroxylation sites is 1. The minimum absolute atomic E-state index is 0.151. The standard InChI is InChI=1S/C21H17FN2O2/c22-16-7-5-14(6-8-16)15-9-11-24(12-10-15)21(26)18-13-20(25)23-19-4-2-1-3-17(18)19/h1-9,13H,10-12H2,(H,23,25). The van der Waals surface area contributed by atoms with Gasteiger partial charge in [-0.2, -0.15) is 0 Å². The van der Waals surface area contributed by atoms with Crippen LogP contribution in [0.3, 0.4) is 0 Å². The number of aromatic nitrogens is 1. The second kappa shape index (κ2) is 6.59. The van der Waals surface area contributed by atoms with Gasteiger partial charge in [-0.1, -0.05) is 36.4 Å². The molecule has 2 heterocycles. The molecular weight excluding hydrogens is 331 g/mol. The normalized spacial score (nSPS) is 14.3. The third-order valence-corrected chi connectivity index (χ3v) is 4.69. The fraction of sp³-hybridized carbons (Fsp3) is 0.143. The molecule has 0 saturated carbocycles. The van der Waals surface area contributed by atoms with Crippen molar-refractivity contribution in [3.63, 3.8) is 0 Å². The summed E-state index contributed by atoms with van der Waals surface area (Å²) in [4.78, 5) is 29.3. The summed E-state index contributed by atoms with van der Waals surface area (Å²) in [5.74, 6) is -0.412. The predicted octanol–water partition coefficient (Wildman–Crippen LogP) is 3.60. The highest BCUT2D eigenvalue weighted by atomic mass is 19.1. The maximum atomic E-state index is 13.1. The van der Waals surface area contributed by atoms with Gasteiger partial charge in [0.1, 0.15) is 5.82 Å². The van der Waals surface area contributed by atoms with Gasteiger partial charge in [0.25, 0.3) is 5.91 Å². The van der Waals surface area contributed by atoms with Gasteiger partial charge < -0.3 is 9.88 Å². The van der Waals surface area contributed by atoms with Crippen molar-refractivity contribution in [1.29, 1.82) is 0 Å². The van der Waals surface area contributed by atoms with Crippen LogP contribution in [0.1, 0.15) is 22.3 Å². The van der Waals surface area contributed by atoms with Crippen LogP contribution < -0.4 is 5.56 Å². The number of pyridine rings is 1. The van der Waals surface area contributed by atoms with Crippen molar-refractivity contribution >= 4 is 22.4 Å². The second-order valence-corrected chi connectivity index (χ2v) is 6.33. The number of nitrogens with one attached hydrogen (secondary N) is 1. The Morgan fingerprint density at radius 3 is 2.58 bits per heavy atom. The van der Waals surface area contributed by atoms with Crippen LogP contribution in [-0.4, -0.2) is 28.9 Å². The molecule has 26 heavy (non-hydrogen) atoms. The third-order valence-electron chi connectivity index (χ3n) is 4.69. The van der Waals surface area contributed by atoms with Crippen molar-refractivity contribution in [2.24, 2.45) is 0 Å². The Labute approximate surface area is 149 Å². The number of carbonyl (C=O) groups is 1. The lowest BCUT2D eigenvalue weighted by Crippen LogP contribution is -2.35. The fourth-order valence-electron chi connectivity index (χ4n) is 3.33. The zero-order valence-electron chi connectivity index (χ0n) is 14.0. The molecule has 2 aromatic carbocycles. The summed E-state index contributed by atoms with van der Waals surface area (Å²) in [5.41, 5.74) is 2.86. The Bertz CT molecular complexity index is 1070. The number of nitrogens with zero attached hydrogens (tertiary/aromatic N) is 1. The van der Waals surface area contributed by atoms with E-state index in [0.29, 0.717) is 30.6 Å². The van der Waals surface area contributed by atoms with E-state index < -0.39 is 0 Å². The Hall–Kier alpha value is -3.21. The number of hydrogen-bond donors (Lipinski definition) is 1. The number of hydrogen-bond acceptors (Lipinski definition) is 2. The summed E-state index contributed by atoms with van der Waals surface area (Å²) in [6.45, 7) is 1.02. The lowest BCUT2D eigenvalue weighted by Gasteiger charge is -2.27. The molecular formula is C21H17FN2O2. The molecule has 1 aromatic heterocycles. The van der Waals surface area contributed by atoms with Crippen LogP contribution in [0, 0.1) is 5.82 Å². The predicted molar refractivity (Wildman–Crippen MR) is 99.5 cm³/mol. The minimum atomic E-state index is -0.286. The van der Waals surface area contributed by atoms with E-state index in [2.05, 4.69) is 4.98 Å². The molecule has 0 unspecified atom stereocenters. The molecule has 1 aliphatic heterocycles. The zero-order valence-corrected chi connectivity index (χ0v) is 14.0. The first-order valence-corrected chi connectivity index (χ1v) is 8.48. The van der Waals surface area contributed by atoms with E-state index >= 15 is 0 Å². The van der Waals surface area contributed by atoms with Crippen molar-refractivity contribution in [2.75, 3.05) is 13.1 Å². The number of fused-ring (bicyclic) bond motifs is 1. The first kappa shape index (κ1) is 16.3. The Morgan fingerprint density at radius 2 is 1.85 bits per heavy atom. The number of benzene rings is 2. The van der Waals surface area contributed by atoms with Gasteiger partial charge >= 0.3 is 0 Å². The van der Waals surface area contributed by atoms with Crippen molar-refractivity contribution in [3.05, 3.63) is 88.0 Å². The number of halogens is 1. The van der Waals surface area contributed by atoms with Crippen LogP contribution in [0.15, 0.2) is 65.5 Å². The van der Waals surface area contributed by atoms with Gasteiger partial charge in [0, 0.05) is 30.1 Å². The molecule has 130 valence electrons. The van der Waals surface area contributed by atoms with E-state index in [1.165, 1.54) is 18.2 Å². The maximum absolute atomic E-state index is 13.1. The van der Waals surface area contributed by atoms with E-state index in [9.17, 15) is 14.0 Å². The molecule has 0 atom stereocenters. The fourth-order valence-corrected chi connectivity index (χ4v) is 3.33. The molecule has 3 aromatic rings. The molecule has 0 spiro atoms. The van der Waals surface area contributed by atoms with Gasteiger partial charge in [0.2, 0.25) is 5.56 Å². The van der Waals surface area contributed by atoms with E-state index in [4.69, 9.17) is 0 Å². The topological polar surface area (TPSA) is 53.2 Å². The number of aromatic amines is 1. The summed E-state index contributed by atoms with van der Waals surface area (Å²) in [6, 6.07) is 15.0. The molecule has 1 aliphatic rings. The minimum Gasteiger partial charge on any atom is -0.335 e. The highest BCUT2D eigenvalue weighted by molar-refractivity contribution is 6.06. The molecule has 1 amide bonds. The average molecular weight is 348 g/mol. The van der Waals surface area contributed by atoms with Crippen molar-refractivity contribution in [2.45, 2.75) is 6.42 Å². The molecule has 0 aliphatic carbocycles. The van der Waals surface area contributed by atoms with E-state index in [0.717, 1.165) is 16.5 Å². The van der Waals surface area contributed by atoms with Gasteiger partial charge in [0.15, 0.2) is 0 Å². The van der Waals surface area contributed by atoms with Crippen LogP contribution in [0.4, 0.5) is 4.39 Å². The first-order valence-electron chi connectivity index (χ1n) is 8.48. The van der Waals surface area contributed by atoms with Gasteiger partial charge in [-0.25, -0.2) is 4.39 Å². The zero-order chi connectivity index (χ0) is 18.1. The molecule has 5 heteroatoms. The summed E-state index contributed by atoms with van der Waals surface area (Å²) in [5, 5.41) is 0.741. The van der Waals surface area contributed by atoms with Crippen LogP contribution in [0.25, 0.3) is 16.5 Å². The van der Waals surface area contributed by atoms with Gasteiger partial charge in [-0.05, 0) is 35.8 Å². The molecule has 0 radical (unpaired) electrons. The van der Waals surface area contributed by atoms with Crippen LogP contribution >= 0.6 is 0 Å². The largest absolute Gasteiger partial charge is 0.335 e. The Balaban J connectivity index is 1.61. The van der Waals surface area contributed by atoms with Crippen molar-refractivity contribution < 1.29 is 9.18 Å². The second-order valence-electron chi connectivity index (χ2n) is 6.33. The smallest absolute Gasteiger partial charge is 0.255 e. The summed E-state index contributed by atoms with van der Waals surface area (Å²) >= 11 is 0. The van der Waals surface area contributed by atoms with Crippen LogP contribution in [0.5, 0.6) is 0 Å². The number of amides is 1. The third kappa shape index (κ3) is 3.04. The van der Waals surface area contributed by atoms with Crippen molar-refractivity contribution in [1.82, 2.24) is 9.88 Å². The number of carbonyl (C=O) groups excluding carboxylic acids is 1. The van der Waals surface area contributed by atoms with E-state index in [1.807, 2.05) is 24.3 Å². The molecule has 4 rings (SSSR count). The average Bonchev–Trinajstić information content (AvgIpc) is 2.67. The summed E-state index contributed by atoms with van der Waals surface area (Å²) in [6.07, 6.45) is 2.68. The maximum Gasteiger partial charge on any atom is 0.255 e. The lowest BCUT2D eigenvalue weighted by molar-refractivity contribution is 0.0774. The van der Waals surface area contributed by atoms with E-state index in [-0.39, 0.29) is 17.3 Å². The van der Waals surface area contributed by atoms with Crippen LogP contribution in [-0.2, 0) is 0 Å². The molecule has 0 bridgehead atoms. The first-order chi connectivity index (χ1) is 12.6. The van der Waals surface area contributed by atoms with Gasteiger partial charge in [-0.15, -0.1) is 0 Å². The molecule has 0 fully saturated rings. The lowest BCUT2D eigenvalue weighted by atomic mass is 9.98. The highest BCUT2D eigenvalue weighted by Gasteiger charge is 2.21. The monoisotopic (exact) mass is 348 g/mol. The van der Waals surface area contributed by atoms with Crippen molar-refractivity contribution in [3.8, 4) is 0 Å². The molecule has 1 N–H and O–H groups in total. The van der Waals surface area contributed by atoms with Crippen LogP contribution in [0.2, 0.25) is 0 Å². The molecule has 0 saturated heterocycles. The Morgan fingerprint density at radius 1 is 1.08 bits per heavy atom. The quantitative estimate of drug-likeness (QED) is 0.769. The molecule has 4 nitrogen and oxygen atoms in total. The summed E-state index contributed by atoms with van der Waals surface area (Å²) in [7, 11) is 0. The van der Waals surface area contributed by atoms with E-state index in [1.54, 1.807) is 23.1 Å². The Kier molecular flexibility index (Phi) is 4.13. The van der Waals surface area contributed by atoms with Gasteiger partial charge in [-0.3, -0.25) is 9.59 Å². The SMILES string of the molecule is O=C(c1cc(=O)[nH]c2ccccc12)N1CC=C(c2ccc(F)cc2)CC1. The number of H-pyrrole nitrogens is 1. The highest BCUT2D eigenvalue weighted by Crippen LogP contribution is 2.24. The number of rotatable bonds is 2. The van der Waals surface area contributed by atoms with Gasteiger partial charge in [0.05, 0.1) is 5.56 Å².